The molecule has 3 heterocycles. The lowest BCUT2D eigenvalue weighted by Crippen LogP contribution is -2.30. The number of hydrogen-bond acceptors (Lipinski definition) is 7. The number of urea groups is 1. The van der Waals surface area contributed by atoms with Crippen molar-refractivity contribution in [3.05, 3.63) is 30.5 Å². The number of nitrogens with zero attached hydrogens (tertiary/aromatic N) is 3. The van der Waals surface area contributed by atoms with Crippen molar-refractivity contribution in [1.82, 2.24) is 19.9 Å². The average molecular weight is 409 g/mol. The van der Waals surface area contributed by atoms with Gasteiger partial charge in [-0.05, 0) is 30.9 Å². The molecule has 2 amide bonds. The van der Waals surface area contributed by atoms with Gasteiger partial charge in [0.2, 0.25) is 0 Å². The van der Waals surface area contributed by atoms with Crippen LogP contribution in [0.1, 0.15) is 12.8 Å². The Labute approximate surface area is 173 Å². The molecule has 4 N–H and O–H groups in total. The highest BCUT2D eigenvalue weighted by molar-refractivity contribution is 5.93. The maximum atomic E-state index is 12.2. The summed E-state index contributed by atoms with van der Waals surface area (Å²) in [5, 5.41) is 16.5. The highest BCUT2D eigenvalue weighted by Crippen LogP contribution is 2.38. The smallest absolute Gasteiger partial charge is 0.319 e. The molecule has 1 fully saturated rings. The zero-order valence-corrected chi connectivity index (χ0v) is 16.6. The predicted octanol–water partition coefficient (Wildman–Crippen LogP) is 2.82. The molecule has 1 saturated carbocycles. The van der Waals surface area contributed by atoms with Crippen LogP contribution in [0.3, 0.4) is 0 Å². The van der Waals surface area contributed by atoms with Gasteiger partial charge in [-0.3, -0.25) is 0 Å². The molecule has 1 aliphatic heterocycles. The summed E-state index contributed by atoms with van der Waals surface area (Å²) in [7, 11) is 1.80. The number of hydrogen-bond donors (Lipinski definition) is 4. The van der Waals surface area contributed by atoms with Crippen molar-refractivity contribution in [2.24, 2.45) is 5.92 Å². The summed E-state index contributed by atoms with van der Waals surface area (Å²) in [5.41, 5.74) is 1.80. The van der Waals surface area contributed by atoms with E-state index in [0.29, 0.717) is 54.3 Å². The van der Waals surface area contributed by atoms with Crippen molar-refractivity contribution in [2.75, 3.05) is 42.8 Å². The SMILES string of the molecule is CNc1cc(Nc2cccc3c2OCCO3)nc2c(NC(=O)NCC3CC3)cnn12. The Hall–Kier alpha value is -3.69. The Morgan fingerprint density at radius 2 is 2.10 bits per heavy atom. The van der Waals surface area contributed by atoms with E-state index in [9.17, 15) is 4.79 Å². The second-order valence-corrected chi connectivity index (χ2v) is 7.30. The number of anilines is 4. The number of nitrogens with one attached hydrogen (secondary N) is 4. The summed E-state index contributed by atoms with van der Waals surface area (Å²) >= 11 is 0. The van der Waals surface area contributed by atoms with Gasteiger partial charge in [0.25, 0.3) is 0 Å². The fraction of sp³-hybridized carbons (Fsp3) is 0.350. The van der Waals surface area contributed by atoms with Crippen molar-refractivity contribution in [3.8, 4) is 11.5 Å². The van der Waals surface area contributed by atoms with Crippen molar-refractivity contribution in [3.63, 3.8) is 0 Å². The van der Waals surface area contributed by atoms with Crippen LogP contribution < -0.4 is 30.7 Å². The maximum absolute atomic E-state index is 12.2. The fourth-order valence-corrected chi connectivity index (χ4v) is 3.33. The monoisotopic (exact) mass is 409 g/mol. The van der Waals surface area contributed by atoms with E-state index in [-0.39, 0.29) is 6.03 Å². The van der Waals surface area contributed by atoms with Crippen molar-refractivity contribution in [2.45, 2.75) is 12.8 Å². The quantitative estimate of drug-likeness (QED) is 0.495. The first-order valence-corrected chi connectivity index (χ1v) is 9.98. The Balaban J connectivity index is 1.43. The van der Waals surface area contributed by atoms with Gasteiger partial charge >= 0.3 is 6.03 Å². The standard InChI is InChI=1S/C20H23N7O3/c1-21-17-9-16(24-13-3-2-4-15-18(13)30-8-7-29-15)26-19-14(11-23-27(17)19)25-20(28)22-10-12-5-6-12/h2-4,9,11-12,21H,5-8,10H2,1H3,(H,24,26)(H2,22,25,28). The lowest BCUT2D eigenvalue weighted by molar-refractivity contribution is 0.172. The van der Waals surface area contributed by atoms with Crippen LogP contribution in [0.2, 0.25) is 0 Å². The van der Waals surface area contributed by atoms with Crippen LogP contribution in [0.5, 0.6) is 11.5 Å². The van der Waals surface area contributed by atoms with E-state index < -0.39 is 0 Å². The zero-order valence-electron chi connectivity index (χ0n) is 16.6. The first-order chi connectivity index (χ1) is 14.7. The summed E-state index contributed by atoms with van der Waals surface area (Å²) in [6.45, 7) is 1.71. The molecule has 10 heteroatoms. The fourth-order valence-electron chi connectivity index (χ4n) is 3.33. The van der Waals surface area contributed by atoms with Gasteiger partial charge in [-0.1, -0.05) is 6.07 Å². The van der Waals surface area contributed by atoms with Crippen molar-refractivity contribution < 1.29 is 14.3 Å². The van der Waals surface area contributed by atoms with Gasteiger partial charge in [-0.2, -0.15) is 9.61 Å². The molecule has 0 unspecified atom stereocenters. The van der Waals surface area contributed by atoms with Gasteiger partial charge in [-0.15, -0.1) is 0 Å². The number of aromatic nitrogens is 3. The van der Waals surface area contributed by atoms with Crippen LogP contribution >= 0.6 is 0 Å². The molecule has 10 nitrogen and oxygen atoms in total. The molecule has 1 aromatic carbocycles. The zero-order chi connectivity index (χ0) is 20.5. The van der Waals surface area contributed by atoms with Gasteiger partial charge in [-0.25, -0.2) is 9.78 Å². The number of benzene rings is 1. The highest BCUT2D eigenvalue weighted by Gasteiger charge is 2.22. The molecule has 2 aliphatic rings. The molecule has 0 atom stereocenters. The third-order valence-corrected chi connectivity index (χ3v) is 5.05. The highest BCUT2D eigenvalue weighted by atomic mass is 16.6. The van der Waals surface area contributed by atoms with E-state index in [4.69, 9.17) is 9.47 Å². The summed E-state index contributed by atoms with van der Waals surface area (Å²) in [6, 6.07) is 7.24. The number of fused-ring (bicyclic) bond motifs is 2. The molecule has 0 bridgehead atoms. The molecule has 1 aliphatic carbocycles. The topological polar surface area (TPSA) is 114 Å². The Morgan fingerprint density at radius 3 is 2.93 bits per heavy atom. The van der Waals surface area contributed by atoms with Crippen LogP contribution in [-0.2, 0) is 0 Å². The van der Waals surface area contributed by atoms with Crippen LogP contribution in [0.25, 0.3) is 5.65 Å². The number of para-hydroxylation sites is 1. The molecule has 0 spiro atoms. The number of rotatable bonds is 6. The number of ether oxygens (including phenoxy) is 2. The Bertz CT molecular complexity index is 1090. The summed E-state index contributed by atoms with van der Waals surface area (Å²) < 4.78 is 13.1. The first kappa shape index (κ1) is 18.3. The predicted molar refractivity (Wildman–Crippen MR) is 113 cm³/mol. The minimum absolute atomic E-state index is 0.259. The van der Waals surface area contributed by atoms with Gasteiger partial charge in [0, 0.05) is 19.7 Å². The molecule has 0 saturated heterocycles. The number of amides is 2. The normalized spacial score (nSPS) is 15.0. The third kappa shape index (κ3) is 3.63. The molecular formula is C20H23N7O3. The minimum atomic E-state index is -0.259. The lowest BCUT2D eigenvalue weighted by Gasteiger charge is -2.21. The van der Waals surface area contributed by atoms with Gasteiger partial charge < -0.3 is 30.7 Å². The van der Waals surface area contributed by atoms with Gasteiger partial charge in [0.15, 0.2) is 17.1 Å². The van der Waals surface area contributed by atoms with Crippen LogP contribution in [-0.4, -0.2) is 47.4 Å². The number of carbonyl (C=O) groups excluding carboxylic acids is 1. The Morgan fingerprint density at radius 1 is 1.23 bits per heavy atom. The second-order valence-electron chi connectivity index (χ2n) is 7.30. The lowest BCUT2D eigenvalue weighted by atomic mass is 10.2. The van der Waals surface area contributed by atoms with Gasteiger partial charge in [0.1, 0.15) is 30.5 Å². The Kier molecular flexibility index (Phi) is 4.66. The maximum Gasteiger partial charge on any atom is 0.319 e. The molecule has 3 aromatic rings. The summed E-state index contributed by atoms with van der Waals surface area (Å²) in [4.78, 5) is 16.9. The molecular weight excluding hydrogens is 386 g/mol. The molecule has 30 heavy (non-hydrogen) atoms. The first-order valence-electron chi connectivity index (χ1n) is 9.98. The largest absolute Gasteiger partial charge is 0.486 e. The van der Waals surface area contributed by atoms with Crippen molar-refractivity contribution >= 4 is 34.7 Å². The van der Waals surface area contributed by atoms with Crippen molar-refractivity contribution in [1.29, 1.82) is 0 Å². The average Bonchev–Trinajstić information content (AvgIpc) is 3.52. The third-order valence-electron chi connectivity index (χ3n) is 5.05. The van der Waals surface area contributed by atoms with E-state index in [1.54, 1.807) is 17.8 Å². The minimum Gasteiger partial charge on any atom is -0.486 e. The van der Waals surface area contributed by atoms with Crippen LogP contribution in [0, 0.1) is 5.92 Å². The molecule has 2 aromatic heterocycles. The van der Waals surface area contributed by atoms with E-state index in [2.05, 4.69) is 31.3 Å². The van der Waals surface area contributed by atoms with E-state index >= 15 is 0 Å². The summed E-state index contributed by atoms with van der Waals surface area (Å²) in [6.07, 6.45) is 3.94. The van der Waals surface area contributed by atoms with E-state index in [1.807, 2.05) is 24.3 Å². The number of carbonyl (C=O) groups is 1. The van der Waals surface area contributed by atoms with E-state index in [0.717, 1.165) is 11.5 Å². The molecule has 156 valence electrons. The second kappa shape index (κ2) is 7.62. The van der Waals surface area contributed by atoms with Crippen LogP contribution in [0.15, 0.2) is 30.5 Å². The van der Waals surface area contributed by atoms with Gasteiger partial charge in [0.05, 0.1) is 11.9 Å². The molecule has 0 radical (unpaired) electrons. The van der Waals surface area contributed by atoms with Crippen LogP contribution in [0.4, 0.5) is 27.8 Å². The molecule has 5 rings (SSSR count). The summed E-state index contributed by atoms with van der Waals surface area (Å²) in [5.74, 6) is 3.25. The van der Waals surface area contributed by atoms with E-state index in [1.165, 1.54) is 12.8 Å².